The van der Waals surface area contributed by atoms with Gasteiger partial charge >= 0.3 is 0 Å². The number of rotatable bonds is 7. The third kappa shape index (κ3) is 6.24. The Morgan fingerprint density at radius 3 is 1.69 bits per heavy atom. The second-order valence-electron chi connectivity index (χ2n) is 18.8. The molecule has 64 heavy (non-hydrogen) atoms. The van der Waals surface area contributed by atoms with Gasteiger partial charge in [0.25, 0.3) is 0 Å². The summed E-state index contributed by atoms with van der Waals surface area (Å²) >= 11 is 0. The standard InChI is InChI=1S/C61H52BNO/c1-37-31-39(3)59(40(4)32-37)62(60-41(5)33-38(2)34-42(60)6)54-30-29-50-49-28-26-45(36-57(49)64-56-24-16-21-51(54)58(50)56)63(55-23-15-13-19-46(55)43-17-10-9-11-18-43)44-25-27-48-47-20-12-14-22-52(47)61(7,8)53(48)35-44/h9-36H,1-8H3. The molecule has 1 heterocycles. The van der Waals surface area contributed by atoms with Gasteiger partial charge in [-0.3, -0.25) is 0 Å². The Labute approximate surface area is 378 Å². The van der Waals surface area contributed by atoms with Crippen molar-refractivity contribution in [2.75, 3.05) is 4.90 Å². The highest BCUT2D eigenvalue weighted by Crippen LogP contribution is 2.53. The predicted octanol–water partition coefficient (Wildman–Crippen LogP) is 14.4. The van der Waals surface area contributed by atoms with Crippen molar-refractivity contribution >= 4 is 50.9 Å². The molecule has 11 rings (SSSR count). The Hall–Kier alpha value is -7.10. The molecule has 9 aromatic rings. The minimum absolute atomic E-state index is 0.0533. The maximum atomic E-state index is 7.12. The van der Waals surface area contributed by atoms with E-state index in [2.05, 4.69) is 230 Å². The summed E-state index contributed by atoms with van der Waals surface area (Å²) in [6, 6.07) is 63.0. The zero-order valence-corrected chi connectivity index (χ0v) is 38.1. The Balaban J connectivity index is 1.09. The SMILES string of the molecule is Cc1cc(C)c(B(c2c(C)cc(C)cc2C)c2ccc3c4c(cccc24)Oc2cc(N(c4ccc5c(c4)C(C)(C)c4ccccc4-5)c4ccccc4-c4ccccc4)ccc2-3)c(C)c1. The van der Waals surface area contributed by atoms with Crippen molar-refractivity contribution in [2.45, 2.75) is 60.8 Å². The second kappa shape index (κ2) is 15.0. The molecule has 1 aliphatic carbocycles. The van der Waals surface area contributed by atoms with Crippen LogP contribution < -0.4 is 26.0 Å². The van der Waals surface area contributed by atoms with Crippen LogP contribution in [0.25, 0.3) is 44.2 Å². The third-order valence-corrected chi connectivity index (χ3v) is 14.2. The van der Waals surface area contributed by atoms with Crippen LogP contribution in [0.5, 0.6) is 11.5 Å². The average molecular weight is 826 g/mol. The Morgan fingerprint density at radius 1 is 0.438 bits per heavy atom. The number of nitrogens with zero attached hydrogens (tertiary/aromatic N) is 1. The molecule has 2 aliphatic rings. The number of para-hydroxylation sites is 1. The van der Waals surface area contributed by atoms with Gasteiger partial charge in [0.15, 0.2) is 0 Å². The van der Waals surface area contributed by atoms with E-state index in [1.54, 1.807) is 0 Å². The van der Waals surface area contributed by atoms with Crippen LogP contribution in [0.4, 0.5) is 17.1 Å². The molecule has 0 atom stereocenters. The van der Waals surface area contributed by atoms with Crippen molar-refractivity contribution < 1.29 is 4.74 Å². The molecule has 0 aromatic heterocycles. The van der Waals surface area contributed by atoms with Gasteiger partial charge in [0, 0.05) is 39.4 Å². The fourth-order valence-electron chi connectivity index (χ4n) is 11.6. The van der Waals surface area contributed by atoms with E-state index in [0.29, 0.717) is 0 Å². The molecule has 3 heteroatoms. The van der Waals surface area contributed by atoms with E-state index in [-0.39, 0.29) is 12.1 Å². The van der Waals surface area contributed by atoms with Crippen LogP contribution in [0.2, 0.25) is 0 Å². The molecular formula is C61H52BNO. The largest absolute Gasteiger partial charge is 0.456 e. The maximum Gasteiger partial charge on any atom is 0.243 e. The lowest BCUT2D eigenvalue weighted by Crippen LogP contribution is -2.56. The smallest absolute Gasteiger partial charge is 0.243 e. The van der Waals surface area contributed by atoms with Gasteiger partial charge in [0.1, 0.15) is 11.5 Å². The zero-order valence-electron chi connectivity index (χ0n) is 38.1. The molecule has 0 fully saturated rings. The lowest BCUT2D eigenvalue weighted by atomic mass is 9.33. The van der Waals surface area contributed by atoms with Crippen molar-refractivity contribution in [3.63, 3.8) is 0 Å². The van der Waals surface area contributed by atoms with Crippen LogP contribution in [0.15, 0.2) is 170 Å². The molecule has 2 nitrogen and oxygen atoms in total. The van der Waals surface area contributed by atoms with Gasteiger partial charge in [-0.1, -0.05) is 191 Å². The third-order valence-electron chi connectivity index (χ3n) is 14.2. The van der Waals surface area contributed by atoms with E-state index in [1.807, 2.05) is 0 Å². The van der Waals surface area contributed by atoms with E-state index in [4.69, 9.17) is 4.74 Å². The van der Waals surface area contributed by atoms with Crippen LogP contribution in [0.3, 0.4) is 0 Å². The van der Waals surface area contributed by atoms with E-state index < -0.39 is 0 Å². The topological polar surface area (TPSA) is 12.5 Å². The minimum atomic E-state index is -0.139. The molecule has 0 amide bonds. The van der Waals surface area contributed by atoms with Crippen molar-refractivity contribution in [1.82, 2.24) is 0 Å². The van der Waals surface area contributed by atoms with Crippen molar-refractivity contribution in [3.8, 4) is 44.9 Å². The molecule has 0 spiro atoms. The van der Waals surface area contributed by atoms with Crippen LogP contribution in [0, 0.1) is 41.5 Å². The molecule has 310 valence electrons. The summed E-state index contributed by atoms with van der Waals surface area (Å²) in [5, 5.41) is 2.40. The first-order chi connectivity index (χ1) is 31.0. The van der Waals surface area contributed by atoms with Gasteiger partial charge in [-0.05, 0) is 117 Å². The highest BCUT2D eigenvalue weighted by Gasteiger charge is 2.37. The highest BCUT2D eigenvalue weighted by atomic mass is 16.5. The van der Waals surface area contributed by atoms with Crippen LogP contribution in [-0.2, 0) is 5.41 Å². The minimum Gasteiger partial charge on any atom is -0.456 e. The van der Waals surface area contributed by atoms with E-state index in [1.165, 1.54) is 99.5 Å². The number of fused-ring (bicyclic) bond motifs is 5. The molecule has 0 bridgehead atoms. The average Bonchev–Trinajstić information content (AvgIpc) is 3.51. The lowest BCUT2D eigenvalue weighted by molar-refractivity contribution is 0.487. The van der Waals surface area contributed by atoms with Gasteiger partial charge < -0.3 is 9.64 Å². The number of ether oxygens (including phenoxy) is 1. The first kappa shape index (κ1) is 39.7. The Kier molecular flexibility index (Phi) is 9.33. The normalized spacial score (nSPS) is 12.9. The monoisotopic (exact) mass is 825 g/mol. The molecule has 0 saturated carbocycles. The predicted molar refractivity (Wildman–Crippen MR) is 273 cm³/mol. The van der Waals surface area contributed by atoms with E-state index >= 15 is 0 Å². The molecule has 9 aromatic carbocycles. The quantitative estimate of drug-likeness (QED) is 0.148. The fraction of sp³-hybridized carbons (Fsp3) is 0.148. The number of benzene rings is 9. The van der Waals surface area contributed by atoms with Gasteiger partial charge in [-0.25, -0.2) is 0 Å². The second-order valence-corrected chi connectivity index (χ2v) is 18.8. The highest BCUT2D eigenvalue weighted by molar-refractivity contribution is 6.98. The first-order valence-corrected chi connectivity index (χ1v) is 22.7. The summed E-state index contributed by atoms with van der Waals surface area (Å²) < 4.78 is 7.12. The van der Waals surface area contributed by atoms with Crippen LogP contribution in [-0.4, -0.2) is 6.71 Å². The summed E-state index contributed by atoms with van der Waals surface area (Å²) in [5.74, 6) is 1.74. The van der Waals surface area contributed by atoms with Crippen LogP contribution >= 0.6 is 0 Å². The molecule has 0 N–H and O–H groups in total. The van der Waals surface area contributed by atoms with Crippen LogP contribution in [0.1, 0.15) is 58.4 Å². The van der Waals surface area contributed by atoms with Crippen molar-refractivity contribution in [2.24, 2.45) is 0 Å². The molecule has 0 saturated heterocycles. The number of aryl methyl sites for hydroxylation is 6. The molecule has 1 aliphatic heterocycles. The lowest BCUT2D eigenvalue weighted by Gasteiger charge is -2.31. The first-order valence-electron chi connectivity index (χ1n) is 22.7. The number of hydrogen-bond donors (Lipinski definition) is 0. The van der Waals surface area contributed by atoms with Gasteiger partial charge in [-0.15, -0.1) is 0 Å². The fourth-order valence-corrected chi connectivity index (χ4v) is 11.6. The Morgan fingerprint density at radius 2 is 1.00 bits per heavy atom. The molecular weight excluding hydrogens is 773 g/mol. The van der Waals surface area contributed by atoms with Crippen molar-refractivity contribution in [1.29, 1.82) is 0 Å². The van der Waals surface area contributed by atoms with E-state index in [0.717, 1.165) is 34.1 Å². The molecule has 0 unspecified atom stereocenters. The zero-order chi connectivity index (χ0) is 44.0. The number of hydrogen-bond acceptors (Lipinski definition) is 2. The Bertz CT molecular complexity index is 3260. The summed E-state index contributed by atoms with van der Waals surface area (Å²) in [4.78, 5) is 2.42. The van der Waals surface area contributed by atoms with E-state index in [9.17, 15) is 0 Å². The summed E-state index contributed by atoms with van der Waals surface area (Å²) in [6.07, 6.45) is 0. The van der Waals surface area contributed by atoms with Gasteiger partial charge in [0.05, 0.1) is 5.69 Å². The summed E-state index contributed by atoms with van der Waals surface area (Å²) in [6.45, 7) is 18.3. The van der Waals surface area contributed by atoms with Gasteiger partial charge in [-0.2, -0.15) is 0 Å². The maximum absolute atomic E-state index is 7.12. The number of anilines is 3. The summed E-state index contributed by atoms with van der Waals surface area (Å²) in [5.41, 5.74) is 25.1. The molecule has 0 radical (unpaired) electrons. The van der Waals surface area contributed by atoms with Crippen molar-refractivity contribution in [3.05, 3.63) is 214 Å². The van der Waals surface area contributed by atoms with Gasteiger partial charge in [0.2, 0.25) is 6.71 Å². The summed E-state index contributed by atoms with van der Waals surface area (Å²) in [7, 11) is 0.